The Balaban J connectivity index is 1.28. The molecule has 1 aliphatic rings. The molecule has 0 saturated carbocycles. The number of piperazine rings is 1. The van der Waals surface area contributed by atoms with Crippen LogP contribution in [0.1, 0.15) is 16.8 Å². The molecular formula is C21H25Cl2N7S. The highest BCUT2D eigenvalue weighted by Crippen LogP contribution is 2.22. The summed E-state index contributed by atoms with van der Waals surface area (Å²) in [5.41, 5.74) is 4.20. The highest BCUT2D eigenvalue weighted by atomic mass is 35.5. The van der Waals surface area contributed by atoms with Crippen LogP contribution in [0, 0.1) is 6.92 Å². The Morgan fingerprint density at radius 1 is 1.10 bits per heavy atom. The summed E-state index contributed by atoms with van der Waals surface area (Å²) in [7, 11) is 1.96. The molecule has 1 aliphatic heterocycles. The topological polar surface area (TPSA) is 54.2 Å². The predicted octanol–water partition coefficient (Wildman–Crippen LogP) is 3.79. The van der Waals surface area contributed by atoms with Crippen molar-refractivity contribution in [3.05, 3.63) is 63.7 Å². The monoisotopic (exact) mass is 477 g/mol. The van der Waals surface area contributed by atoms with Crippen LogP contribution in [0.15, 0.2) is 36.8 Å². The molecule has 0 spiro atoms. The second-order valence-electron chi connectivity index (χ2n) is 7.77. The van der Waals surface area contributed by atoms with Crippen LogP contribution in [0.3, 0.4) is 0 Å². The number of halogens is 2. The molecule has 0 amide bonds. The van der Waals surface area contributed by atoms with Crippen molar-refractivity contribution < 1.29 is 0 Å². The van der Waals surface area contributed by atoms with E-state index in [0.29, 0.717) is 16.6 Å². The third-order valence-electron chi connectivity index (χ3n) is 5.40. The second kappa shape index (κ2) is 9.56. The Morgan fingerprint density at radius 3 is 2.55 bits per heavy atom. The van der Waals surface area contributed by atoms with Crippen molar-refractivity contribution in [2.75, 3.05) is 31.5 Å². The first kappa shape index (κ1) is 22.1. The molecule has 164 valence electrons. The van der Waals surface area contributed by atoms with E-state index < -0.39 is 0 Å². The molecule has 0 aliphatic carbocycles. The van der Waals surface area contributed by atoms with Gasteiger partial charge in [-0.25, -0.2) is 0 Å². The fourth-order valence-electron chi connectivity index (χ4n) is 3.70. The molecule has 1 N–H and O–H groups in total. The summed E-state index contributed by atoms with van der Waals surface area (Å²) >= 11 is 17.9. The van der Waals surface area contributed by atoms with E-state index in [1.165, 1.54) is 5.56 Å². The fraction of sp³-hybridized carbons (Fsp3) is 0.381. The standard InChI is InChI=1S/C21H25Cl2N7S/c1-15-17(11-27(2)26-15)12-28-5-7-29(8-6-28)21(31)25-19-10-24-30(14-19)13-16-3-4-18(22)9-20(16)23/h3-4,9-11,14H,5-8,12-13H2,1-2H3,(H,25,31). The molecule has 2 aromatic heterocycles. The van der Waals surface area contributed by atoms with Crippen LogP contribution < -0.4 is 5.32 Å². The maximum Gasteiger partial charge on any atom is 0.173 e. The summed E-state index contributed by atoms with van der Waals surface area (Å²) in [5.74, 6) is 0. The Labute approximate surface area is 197 Å². The molecule has 0 atom stereocenters. The molecule has 7 nitrogen and oxygen atoms in total. The molecule has 0 unspecified atom stereocenters. The van der Waals surface area contributed by atoms with Crippen molar-refractivity contribution in [3.63, 3.8) is 0 Å². The van der Waals surface area contributed by atoms with E-state index in [1.54, 1.807) is 12.3 Å². The third-order valence-corrected chi connectivity index (χ3v) is 6.35. The molecule has 1 saturated heterocycles. The second-order valence-corrected chi connectivity index (χ2v) is 9.00. The van der Waals surface area contributed by atoms with E-state index in [4.69, 9.17) is 35.4 Å². The normalized spacial score (nSPS) is 14.8. The molecule has 3 aromatic rings. The zero-order valence-corrected chi connectivity index (χ0v) is 19.9. The number of hydrogen-bond donors (Lipinski definition) is 1. The van der Waals surface area contributed by atoms with Gasteiger partial charge in [-0.15, -0.1) is 0 Å². The van der Waals surface area contributed by atoms with Gasteiger partial charge >= 0.3 is 0 Å². The van der Waals surface area contributed by atoms with Gasteiger partial charge in [-0.2, -0.15) is 10.2 Å². The van der Waals surface area contributed by atoms with E-state index in [2.05, 4.69) is 38.4 Å². The quantitative estimate of drug-likeness (QED) is 0.564. The SMILES string of the molecule is Cc1nn(C)cc1CN1CCN(C(=S)Nc2cnn(Cc3ccc(Cl)cc3Cl)c2)CC1. The number of aryl methyl sites for hydroxylation is 2. The van der Waals surface area contributed by atoms with Crippen molar-refractivity contribution in [3.8, 4) is 0 Å². The Morgan fingerprint density at radius 2 is 1.87 bits per heavy atom. The molecule has 0 radical (unpaired) electrons. The number of aromatic nitrogens is 4. The van der Waals surface area contributed by atoms with Crippen molar-refractivity contribution >= 4 is 46.2 Å². The average Bonchev–Trinajstić information content (AvgIpc) is 3.29. The van der Waals surface area contributed by atoms with Gasteiger partial charge in [0.25, 0.3) is 0 Å². The largest absolute Gasteiger partial charge is 0.346 e. The molecule has 1 fully saturated rings. The lowest BCUT2D eigenvalue weighted by Crippen LogP contribution is -2.49. The first-order valence-corrected chi connectivity index (χ1v) is 11.3. The van der Waals surface area contributed by atoms with Gasteiger partial charge in [0.15, 0.2) is 5.11 Å². The lowest BCUT2D eigenvalue weighted by atomic mass is 10.2. The van der Waals surface area contributed by atoms with Gasteiger partial charge in [0.1, 0.15) is 0 Å². The lowest BCUT2D eigenvalue weighted by Gasteiger charge is -2.36. The minimum Gasteiger partial charge on any atom is -0.346 e. The number of nitrogens with zero attached hydrogens (tertiary/aromatic N) is 6. The van der Waals surface area contributed by atoms with Gasteiger partial charge in [0, 0.05) is 67.8 Å². The van der Waals surface area contributed by atoms with Crippen LogP contribution >= 0.6 is 35.4 Å². The number of nitrogens with one attached hydrogen (secondary N) is 1. The fourth-order valence-corrected chi connectivity index (χ4v) is 4.46. The third kappa shape index (κ3) is 5.57. The highest BCUT2D eigenvalue weighted by Gasteiger charge is 2.20. The molecular weight excluding hydrogens is 453 g/mol. The van der Waals surface area contributed by atoms with Crippen LogP contribution in [-0.2, 0) is 20.1 Å². The molecule has 31 heavy (non-hydrogen) atoms. The molecule has 4 rings (SSSR count). The molecule has 10 heteroatoms. The van der Waals surface area contributed by atoms with E-state index in [-0.39, 0.29) is 0 Å². The van der Waals surface area contributed by atoms with E-state index >= 15 is 0 Å². The van der Waals surface area contributed by atoms with E-state index in [1.807, 2.05) is 34.7 Å². The Bertz CT molecular complexity index is 1070. The summed E-state index contributed by atoms with van der Waals surface area (Å²) in [6.07, 6.45) is 5.80. The molecule has 1 aromatic carbocycles. The lowest BCUT2D eigenvalue weighted by molar-refractivity contribution is 0.176. The minimum absolute atomic E-state index is 0.566. The van der Waals surface area contributed by atoms with Crippen molar-refractivity contribution in [1.82, 2.24) is 29.4 Å². The Kier molecular flexibility index (Phi) is 6.81. The van der Waals surface area contributed by atoms with Crippen LogP contribution in [0.2, 0.25) is 10.0 Å². The average molecular weight is 478 g/mol. The first-order valence-electron chi connectivity index (χ1n) is 10.1. The predicted molar refractivity (Wildman–Crippen MR) is 129 cm³/mol. The van der Waals surface area contributed by atoms with Gasteiger partial charge in [-0.05, 0) is 36.8 Å². The van der Waals surface area contributed by atoms with Gasteiger partial charge in [-0.1, -0.05) is 29.3 Å². The van der Waals surface area contributed by atoms with Crippen LogP contribution in [0.25, 0.3) is 0 Å². The van der Waals surface area contributed by atoms with E-state index in [9.17, 15) is 0 Å². The van der Waals surface area contributed by atoms with Gasteiger partial charge in [0.05, 0.1) is 24.1 Å². The van der Waals surface area contributed by atoms with E-state index in [0.717, 1.165) is 54.8 Å². The summed E-state index contributed by atoms with van der Waals surface area (Å²) in [6, 6.07) is 5.48. The summed E-state index contributed by atoms with van der Waals surface area (Å²) in [4.78, 5) is 4.65. The number of thiocarbonyl (C=S) groups is 1. The Hall–Kier alpha value is -2.13. The zero-order chi connectivity index (χ0) is 22.0. The maximum absolute atomic E-state index is 6.27. The van der Waals surface area contributed by atoms with Crippen molar-refractivity contribution in [2.24, 2.45) is 7.05 Å². The van der Waals surface area contributed by atoms with Crippen molar-refractivity contribution in [1.29, 1.82) is 0 Å². The highest BCUT2D eigenvalue weighted by molar-refractivity contribution is 7.80. The summed E-state index contributed by atoms with van der Waals surface area (Å²) < 4.78 is 3.70. The minimum atomic E-state index is 0.566. The van der Waals surface area contributed by atoms with Crippen molar-refractivity contribution in [2.45, 2.75) is 20.0 Å². The van der Waals surface area contributed by atoms with Gasteiger partial charge in [0.2, 0.25) is 0 Å². The van der Waals surface area contributed by atoms with Gasteiger partial charge in [-0.3, -0.25) is 14.3 Å². The zero-order valence-electron chi connectivity index (χ0n) is 17.6. The summed E-state index contributed by atoms with van der Waals surface area (Å²) in [5, 5.41) is 14.1. The summed E-state index contributed by atoms with van der Waals surface area (Å²) in [6.45, 7) is 7.25. The number of hydrogen-bond acceptors (Lipinski definition) is 4. The van der Waals surface area contributed by atoms with Crippen LogP contribution in [-0.4, -0.2) is 60.7 Å². The molecule has 3 heterocycles. The van der Waals surface area contributed by atoms with Crippen LogP contribution in [0.5, 0.6) is 0 Å². The molecule has 0 bridgehead atoms. The number of benzene rings is 1. The maximum atomic E-state index is 6.27. The smallest absolute Gasteiger partial charge is 0.173 e. The number of anilines is 1. The number of rotatable bonds is 5. The van der Waals surface area contributed by atoms with Crippen LogP contribution in [0.4, 0.5) is 5.69 Å². The van der Waals surface area contributed by atoms with Gasteiger partial charge < -0.3 is 10.2 Å². The first-order chi connectivity index (χ1) is 14.9.